The maximum Gasteiger partial charge on any atom is 0.262 e. The van der Waals surface area contributed by atoms with E-state index >= 15 is 0 Å². The van der Waals surface area contributed by atoms with Crippen molar-refractivity contribution in [3.05, 3.63) is 48.5 Å². The molecular weight excluding hydrogens is 354 g/mol. The first-order valence-electron chi connectivity index (χ1n) is 9.99. The van der Waals surface area contributed by atoms with Crippen molar-refractivity contribution in [2.45, 2.75) is 12.8 Å². The normalized spacial score (nSPS) is 16.9. The molecule has 2 aliphatic heterocycles. The van der Waals surface area contributed by atoms with E-state index in [0.717, 1.165) is 43.2 Å². The first-order valence-corrected chi connectivity index (χ1v) is 9.99. The number of benzene rings is 2. The number of carbonyl (C=O) groups is 1. The van der Waals surface area contributed by atoms with Gasteiger partial charge in [-0.25, -0.2) is 0 Å². The van der Waals surface area contributed by atoms with Gasteiger partial charge in [0.15, 0.2) is 6.61 Å². The Hall–Kier alpha value is -2.73. The van der Waals surface area contributed by atoms with Gasteiger partial charge < -0.3 is 24.6 Å². The van der Waals surface area contributed by atoms with Crippen LogP contribution in [0.2, 0.25) is 0 Å². The zero-order valence-electron chi connectivity index (χ0n) is 16.1. The summed E-state index contributed by atoms with van der Waals surface area (Å²) in [4.78, 5) is 17.2. The SMILES string of the molecule is O=C(COc1ccccc1)Nc1cc(N2CCCC2)ccc1N1CCOCC1. The summed E-state index contributed by atoms with van der Waals surface area (Å²) >= 11 is 0. The highest BCUT2D eigenvalue weighted by Gasteiger charge is 2.19. The number of nitrogens with zero attached hydrogens (tertiary/aromatic N) is 2. The summed E-state index contributed by atoms with van der Waals surface area (Å²) in [6, 6.07) is 15.8. The van der Waals surface area contributed by atoms with Gasteiger partial charge in [0.05, 0.1) is 24.6 Å². The number of morpholine rings is 1. The smallest absolute Gasteiger partial charge is 0.262 e. The van der Waals surface area contributed by atoms with Gasteiger partial charge in [-0.1, -0.05) is 18.2 Å². The van der Waals surface area contributed by atoms with E-state index in [1.807, 2.05) is 30.3 Å². The van der Waals surface area contributed by atoms with Crippen LogP contribution in [0.1, 0.15) is 12.8 Å². The van der Waals surface area contributed by atoms with Gasteiger partial charge in [0, 0.05) is 31.9 Å². The molecule has 2 fully saturated rings. The number of carbonyl (C=O) groups excluding carboxylic acids is 1. The van der Waals surface area contributed by atoms with Crippen LogP contribution in [0.25, 0.3) is 0 Å². The van der Waals surface area contributed by atoms with Crippen LogP contribution in [0, 0.1) is 0 Å². The second-order valence-electron chi connectivity index (χ2n) is 7.14. The zero-order chi connectivity index (χ0) is 19.2. The van der Waals surface area contributed by atoms with Crippen molar-refractivity contribution in [3.63, 3.8) is 0 Å². The van der Waals surface area contributed by atoms with Crippen LogP contribution in [-0.2, 0) is 9.53 Å². The second kappa shape index (κ2) is 8.97. The number of rotatable bonds is 6. The number of amides is 1. The van der Waals surface area contributed by atoms with Crippen molar-refractivity contribution in [2.24, 2.45) is 0 Å². The van der Waals surface area contributed by atoms with Crippen molar-refractivity contribution in [2.75, 3.05) is 61.1 Å². The fourth-order valence-corrected chi connectivity index (χ4v) is 3.73. The van der Waals surface area contributed by atoms with Crippen LogP contribution in [-0.4, -0.2) is 51.9 Å². The zero-order valence-corrected chi connectivity index (χ0v) is 16.1. The van der Waals surface area contributed by atoms with E-state index in [0.29, 0.717) is 19.0 Å². The third kappa shape index (κ3) is 4.57. The van der Waals surface area contributed by atoms with E-state index in [1.54, 1.807) is 0 Å². The molecule has 28 heavy (non-hydrogen) atoms. The van der Waals surface area contributed by atoms with Crippen molar-refractivity contribution in [1.82, 2.24) is 0 Å². The summed E-state index contributed by atoms with van der Waals surface area (Å²) in [5.41, 5.74) is 3.04. The summed E-state index contributed by atoms with van der Waals surface area (Å²) < 4.78 is 11.1. The molecule has 2 aliphatic rings. The molecule has 148 valence electrons. The fourth-order valence-electron chi connectivity index (χ4n) is 3.73. The van der Waals surface area contributed by atoms with Crippen molar-refractivity contribution in [1.29, 1.82) is 0 Å². The van der Waals surface area contributed by atoms with Gasteiger partial charge in [0.1, 0.15) is 5.75 Å². The third-order valence-corrected chi connectivity index (χ3v) is 5.19. The van der Waals surface area contributed by atoms with Gasteiger partial charge in [-0.2, -0.15) is 0 Å². The van der Waals surface area contributed by atoms with Crippen LogP contribution in [0.15, 0.2) is 48.5 Å². The molecule has 6 nitrogen and oxygen atoms in total. The molecule has 0 atom stereocenters. The van der Waals surface area contributed by atoms with Crippen LogP contribution < -0.4 is 19.9 Å². The minimum Gasteiger partial charge on any atom is -0.484 e. The average molecular weight is 381 g/mol. The van der Waals surface area contributed by atoms with E-state index in [2.05, 4.69) is 33.3 Å². The molecule has 0 aliphatic carbocycles. The Morgan fingerprint density at radius 2 is 1.71 bits per heavy atom. The van der Waals surface area contributed by atoms with Gasteiger partial charge in [-0.05, 0) is 43.2 Å². The molecule has 2 saturated heterocycles. The highest BCUT2D eigenvalue weighted by molar-refractivity contribution is 5.96. The number of anilines is 3. The second-order valence-corrected chi connectivity index (χ2v) is 7.14. The van der Waals surface area contributed by atoms with Crippen molar-refractivity contribution < 1.29 is 14.3 Å². The van der Waals surface area contributed by atoms with Crippen molar-refractivity contribution in [3.8, 4) is 5.75 Å². The van der Waals surface area contributed by atoms with Crippen LogP contribution >= 0.6 is 0 Å². The maximum absolute atomic E-state index is 12.6. The maximum atomic E-state index is 12.6. The number of hydrogen-bond acceptors (Lipinski definition) is 5. The fraction of sp³-hybridized carbons (Fsp3) is 0.409. The number of nitrogens with one attached hydrogen (secondary N) is 1. The Morgan fingerprint density at radius 3 is 2.46 bits per heavy atom. The largest absolute Gasteiger partial charge is 0.484 e. The molecule has 2 aromatic carbocycles. The topological polar surface area (TPSA) is 54.0 Å². The molecule has 4 rings (SSSR count). The molecule has 0 saturated carbocycles. The predicted octanol–water partition coefficient (Wildman–Crippen LogP) is 3.14. The average Bonchev–Trinajstić information content (AvgIpc) is 3.29. The Bertz CT molecular complexity index is 785. The molecule has 0 bridgehead atoms. The van der Waals surface area contributed by atoms with Gasteiger partial charge in [-0.3, -0.25) is 4.79 Å². The van der Waals surface area contributed by atoms with E-state index in [-0.39, 0.29) is 12.5 Å². The number of ether oxygens (including phenoxy) is 2. The molecule has 2 heterocycles. The summed E-state index contributed by atoms with van der Waals surface area (Å²) in [6.45, 7) is 5.19. The molecule has 0 spiro atoms. The van der Waals surface area contributed by atoms with E-state index in [9.17, 15) is 4.79 Å². The highest BCUT2D eigenvalue weighted by atomic mass is 16.5. The first-order chi connectivity index (χ1) is 13.8. The molecule has 0 radical (unpaired) electrons. The van der Waals surface area contributed by atoms with Crippen LogP contribution in [0.3, 0.4) is 0 Å². The summed E-state index contributed by atoms with van der Waals surface area (Å²) in [5.74, 6) is 0.536. The van der Waals surface area contributed by atoms with Crippen LogP contribution in [0.4, 0.5) is 17.1 Å². The molecule has 6 heteroatoms. The lowest BCUT2D eigenvalue weighted by molar-refractivity contribution is -0.118. The molecular formula is C22H27N3O3. The lowest BCUT2D eigenvalue weighted by atomic mass is 10.2. The summed E-state index contributed by atoms with van der Waals surface area (Å²) in [5, 5.41) is 3.07. The van der Waals surface area contributed by atoms with Gasteiger partial charge in [0.2, 0.25) is 0 Å². The summed E-state index contributed by atoms with van der Waals surface area (Å²) in [7, 11) is 0. The molecule has 1 amide bonds. The molecule has 0 unspecified atom stereocenters. The lowest BCUT2D eigenvalue weighted by Gasteiger charge is -2.31. The van der Waals surface area contributed by atoms with Gasteiger partial charge in [-0.15, -0.1) is 0 Å². The molecule has 0 aromatic heterocycles. The van der Waals surface area contributed by atoms with Gasteiger partial charge in [0.25, 0.3) is 5.91 Å². The Labute approximate surface area is 166 Å². The van der Waals surface area contributed by atoms with Crippen molar-refractivity contribution >= 4 is 23.0 Å². The van der Waals surface area contributed by atoms with E-state index in [4.69, 9.17) is 9.47 Å². The third-order valence-electron chi connectivity index (χ3n) is 5.19. The van der Waals surface area contributed by atoms with E-state index in [1.165, 1.54) is 12.8 Å². The molecule has 2 aromatic rings. The standard InChI is InChI=1S/C22H27N3O3/c26-22(17-28-19-6-2-1-3-7-19)23-20-16-18(24-10-4-5-11-24)8-9-21(20)25-12-14-27-15-13-25/h1-3,6-9,16H,4-5,10-15,17H2,(H,23,26). The minimum absolute atomic E-state index is 0.0134. The Balaban J connectivity index is 1.49. The van der Waals surface area contributed by atoms with Gasteiger partial charge >= 0.3 is 0 Å². The first kappa shape index (κ1) is 18.6. The summed E-state index contributed by atoms with van der Waals surface area (Å²) in [6.07, 6.45) is 2.44. The Morgan fingerprint density at radius 1 is 0.964 bits per heavy atom. The highest BCUT2D eigenvalue weighted by Crippen LogP contribution is 2.32. The predicted molar refractivity (Wildman–Crippen MR) is 111 cm³/mol. The number of para-hydroxylation sites is 1. The van der Waals surface area contributed by atoms with Crippen LogP contribution in [0.5, 0.6) is 5.75 Å². The van der Waals surface area contributed by atoms with E-state index < -0.39 is 0 Å². The number of hydrogen-bond donors (Lipinski definition) is 1. The minimum atomic E-state index is -0.156. The quantitative estimate of drug-likeness (QED) is 0.833. The Kier molecular flexibility index (Phi) is 5.97. The monoisotopic (exact) mass is 381 g/mol. The lowest BCUT2D eigenvalue weighted by Crippen LogP contribution is -2.37. The molecule has 1 N–H and O–H groups in total.